The molecule has 0 bridgehead atoms. The Labute approximate surface area is 98.1 Å². The van der Waals surface area contributed by atoms with Gasteiger partial charge < -0.3 is 5.32 Å². The van der Waals surface area contributed by atoms with Crippen LogP contribution < -0.4 is 5.32 Å². The normalized spacial score (nSPS) is 10.6. The molecule has 5 nitrogen and oxygen atoms in total. The first-order valence-electron chi connectivity index (χ1n) is 5.29. The molecule has 0 fully saturated rings. The number of nitrogens with zero attached hydrogens (tertiary/aromatic N) is 4. The number of hydrogen-bond donors (Lipinski definition) is 1. The molecule has 2 aromatic heterocycles. The molecule has 84 valence electrons. The molecule has 0 unspecified atom stereocenters. The minimum atomic E-state index is 0.746. The monoisotopic (exact) mass is 225 g/mol. The highest BCUT2D eigenvalue weighted by molar-refractivity contribution is 5.92. The first-order chi connectivity index (χ1) is 8.33. The Bertz CT molecular complexity index is 653. The van der Waals surface area contributed by atoms with Crippen LogP contribution in [0.25, 0.3) is 10.8 Å². The van der Waals surface area contributed by atoms with Crippen LogP contribution >= 0.6 is 0 Å². The van der Waals surface area contributed by atoms with E-state index in [1.54, 1.807) is 17.1 Å². The van der Waals surface area contributed by atoms with E-state index in [1.807, 2.05) is 37.5 Å². The van der Waals surface area contributed by atoms with Crippen molar-refractivity contribution < 1.29 is 0 Å². The van der Waals surface area contributed by atoms with Gasteiger partial charge in [-0.1, -0.05) is 24.3 Å². The van der Waals surface area contributed by atoms with Gasteiger partial charge in [-0.15, -0.1) is 5.10 Å². The number of hydrogen-bond acceptors (Lipinski definition) is 4. The Hall–Kier alpha value is -2.43. The van der Waals surface area contributed by atoms with E-state index in [4.69, 9.17) is 0 Å². The van der Waals surface area contributed by atoms with Gasteiger partial charge in [-0.05, 0) is 0 Å². The summed E-state index contributed by atoms with van der Waals surface area (Å²) in [5.74, 6) is 0.746. The van der Waals surface area contributed by atoms with Crippen LogP contribution in [0, 0.1) is 0 Å². The lowest BCUT2D eigenvalue weighted by Crippen LogP contribution is -1.95. The van der Waals surface area contributed by atoms with Gasteiger partial charge in [0.15, 0.2) is 5.82 Å². The molecule has 3 rings (SSSR count). The van der Waals surface area contributed by atoms with Gasteiger partial charge in [-0.25, -0.2) is 0 Å². The lowest BCUT2D eigenvalue weighted by molar-refractivity contribution is 0.768. The van der Waals surface area contributed by atoms with Crippen molar-refractivity contribution in [1.29, 1.82) is 0 Å². The van der Waals surface area contributed by atoms with E-state index >= 15 is 0 Å². The smallest absolute Gasteiger partial charge is 0.161 e. The van der Waals surface area contributed by atoms with Crippen molar-refractivity contribution in [3.8, 4) is 0 Å². The highest BCUT2D eigenvalue weighted by Crippen LogP contribution is 2.22. The maximum absolute atomic E-state index is 4.11. The van der Waals surface area contributed by atoms with Gasteiger partial charge in [0.05, 0.1) is 18.1 Å². The third-order valence-electron chi connectivity index (χ3n) is 2.54. The third-order valence-corrected chi connectivity index (χ3v) is 2.54. The summed E-state index contributed by atoms with van der Waals surface area (Å²) in [6.07, 6.45) is 5.40. The van der Waals surface area contributed by atoms with Crippen molar-refractivity contribution in [2.45, 2.75) is 0 Å². The second kappa shape index (κ2) is 3.86. The molecule has 1 N–H and O–H groups in total. The maximum Gasteiger partial charge on any atom is 0.161 e. The number of benzene rings is 1. The van der Waals surface area contributed by atoms with Gasteiger partial charge in [-0.3, -0.25) is 4.68 Å². The summed E-state index contributed by atoms with van der Waals surface area (Å²) in [4.78, 5) is 0. The molecule has 0 saturated heterocycles. The molecule has 0 aliphatic rings. The van der Waals surface area contributed by atoms with Crippen LogP contribution in [0.4, 0.5) is 11.5 Å². The minimum absolute atomic E-state index is 0.746. The second-order valence-corrected chi connectivity index (χ2v) is 3.81. The Morgan fingerprint density at radius 3 is 2.88 bits per heavy atom. The van der Waals surface area contributed by atoms with E-state index in [2.05, 4.69) is 20.6 Å². The molecule has 1 aromatic carbocycles. The van der Waals surface area contributed by atoms with Crippen LogP contribution in [-0.2, 0) is 7.05 Å². The van der Waals surface area contributed by atoms with Crippen LogP contribution in [0.5, 0.6) is 0 Å². The van der Waals surface area contributed by atoms with E-state index in [9.17, 15) is 0 Å². The van der Waals surface area contributed by atoms with Gasteiger partial charge in [0.2, 0.25) is 0 Å². The van der Waals surface area contributed by atoms with Gasteiger partial charge in [0.1, 0.15) is 0 Å². The molecule has 0 aliphatic carbocycles. The molecule has 2 heterocycles. The van der Waals surface area contributed by atoms with Crippen molar-refractivity contribution in [2.24, 2.45) is 7.05 Å². The molecule has 17 heavy (non-hydrogen) atoms. The highest BCUT2D eigenvalue weighted by atomic mass is 15.3. The van der Waals surface area contributed by atoms with Gasteiger partial charge >= 0.3 is 0 Å². The van der Waals surface area contributed by atoms with E-state index in [-0.39, 0.29) is 0 Å². The number of nitrogens with one attached hydrogen (secondary N) is 1. The van der Waals surface area contributed by atoms with Crippen molar-refractivity contribution in [3.63, 3.8) is 0 Å². The molecule has 0 saturated carbocycles. The summed E-state index contributed by atoms with van der Waals surface area (Å²) in [6, 6.07) is 8.00. The standard InChI is InChI=1S/C12H11N5/c1-17-8-10(7-14-17)15-12-11-5-3-2-4-9(11)6-13-16-12/h2-8H,1H3,(H,15,16). The van der Waals surface area contributed by atoms with Gasteiger partial charge in [0, 0.05) is 24.0 Å². The van der Waals surface area contributed by atoms with Crippen molar-refractivity contribution in [3.05, 3.63) is 42.9 Å². The zero-order chi connectivity index (χ0) is 11.7. The Balaban J connectivity index is 2.05. The predicted molar refractivity (Wildman–Crippen MR) is 66.0 cm³/mol. The SMILES string of the molecule is Cn1cc(Nc2nncc3ccccc23)cn1. The number of rotatable bonds is 2. The third kappa shape index (κ3) is 1.82. The molecule has 0 aliphatic heterocycles. The average molecular weight is 225 g/mol. The predicted octanol–water partition coefficient (Wildman–Crippen LogP) is 2.11. The number of aromatic nitrogens is 4. The van der Waals surface area contributed by atoms with Crippen molar-refractivity contribution >= 4 is 22.3 Å². The zero-order valence-electron chi connectivity index (χ0n) is 9.33. The molecular weight excluding hydrogens is 214 g/mol. The lowest BCUT2D eigenvalue weighted by Gasteiger charge is -2.04. The Morgan fingerprint density at radius 2 is 2.06 bits per heavy atom. The molecule has 0 atom stereocenters. The first kappa shape index (κ1) is 9.77. The Kier molecular flexibility index (Phi) is 2.22. The molecule has 0 spiro atoms. The van der Waals surface area contributed by atoms with Crippen LogP contribution in [-0.4, -0.2) is 20.0 Å². The summed E-state index contributed by atoms with van der Waals surface area (Å²) >= 11 is 0. The van der Waals surface area contributed by atoms with Crippen LogP contribution in [0.2, 0.25) is 0 Å². The van der Waals surface area contributed by atoms with Crippen LogP contribution in [0.3, 0.4) is 0 Å². The molecule has 0 radical (unpaired) electrons. The zero-order valence-corrected chi connectivity index (χ0v) is 9.33. The summed E-state index contributed by atoms with van der Waals surface area (Å²) in [5, 5.41) is 17.5. The lowest BCUT2D eigenvalue weighted by atomic mass is 10.2. The number of fused-ring (bicyclic) bond motifs is 1. The average Bonchev–Trinajstić information content (AvgIpc) is 2.75. The number of aryl methyl sites for hydroxylation is 1. The molecule has 5 heteroatoms. The highest BCUT2D eigenvalue weighted by Gasteiger charge is 2.03. The van der Waals surface area contributed by atoms with Gasteiger partial charge in [-0.2, -0.15) is 10.2 Å². The van der Waals surface area contributed by atoms with E-state index in [1.165, 1.54) is 0 Å². The van der Waals surface area contributed by atoms with Crippen molar-refractivity contribution in [2.75, 3.05) is 5.32 Å². The van der Waals surface area contributed by atoms with Gasteiger partial charge in [0.25, 0.3) is 0 Å². The summed E-state index contributed by atoms with van der Waals surface area (Å²) in [6.45, 7) is 0. The summed E-state index contributed by atoms with van der Waals surface area (Å²) in [7, 11) is 1.87. The maximum atomic E-state index is 4.11. The molecule has 0 amide bonds. The fourth-order valence-corrected chi connectivity index (χ4v) is 1.74. The minimum Gasteiger partial charge on any atom is -0.336 e. The van der Waals surface area contributed by atoms with E-state index < -0.39 is 0 Å². The van der Waals surface area contributed by atoms with E-state index in [0.29, 0.717) is 0 Å². The molecular formula is C12H11N5. The Morgan fingerprint density at radius 1 is 1.18 bits per heavy atom. The largest absolute Gasteiger partial charge is 0.336 e. The van der Waals surface area contributed by atoms with Crippen LogP contribution in [0.15, 0.2) is 42.9 Å². The van der Waals surface area contributed by atoms with Crippen molar-refractivity contribution in [1.82, 2.24) is 20.0 Å². The second-order valence-electron chi connectivity index (χ2n) is 3.81. The van der Waals surface area contributed by atoms with E-state index in [0.717, 1.165) is 22.3 Å². The molecule has 3 aromatic rings. The fourth-order valence-electron chi connectivity index (χ4n) is 1.74. The number of anilines is 2. The summed E-state index contributed by atoms with van der Waals surface area (Å²) in [5.41, 5.74) is 0.901. The topological polar surface area (TPSA) is 55.6 Å². The fraction of sp³-hybridized carbons (Fsp3) is 0.0833. The van der Waals surface area contributed by atoms with Crippen LogP contribution in [0.1, 0.15) is 0 Å². The first-order valence-corrected chi connectivity index (χ1v) is 5.29. The quantitative estimate of drug-likeness (QED) is 0.725. The summed E-state index contributed by atoms with van der Waals surface area (Å²) < 4.78 is 1.74.